The van der Waals surface area contributed by atoms with Gasteiger partial charge in [-0.05, 0) is 6.92 Å². The van der Waals surface area contributed by atoms with Crippen molar-refractivity contribution in [2.24, 2.45) is 0 Å². The second-order valence-electron chi connectivity index (χ2n) is 4.62. The van der Waals surface area contributed by atoms with E-state index in [2.05, 4.69) is 35.8 Å². The predicted octanol–water partition coefficient (Wildman–Crippen LogP) is 1.41. The Bertz CT molecular complexity index is 338. The first-order valence-electron chi connectivity index (χ1n) is 5.81. The van der Waals surface area contributed by atoms with Crippen molar-refractivity contribution in [3.05, 3.63) is 11.7 Å². The van der Waals surface area contributed by atoms with Crippen LogP contribution in [0.5, 0.6) is 0 Å². The molecule has 2 heterocycles. The van der Waals surface area contributed by atoms with Crippen LogP contribution in [0.15, 0.2) is 4.52 Å². The van der Waals surface area contributed by atoms with Gasteiger partial charge in [0, 0.05) is 19.0 Å². The molecular formula is C11H19N3O2. The third-order valence-electron chi connectivity index (χ3n) is 2.68. The molecule has 1 saturated heterocycles. The third kappa shape index (κ3) is 2.80. The lowest BCUT2D eigenvalue weighted by Crippen LogP contribution is -2.40. The first-order valence-corrected chi connectivity index (χ1v) is 5.81. The Hall–Kier alpha value is -0.940. The van der Waals surface area contributed by atoms with Crippen LogP contribution < -0.4 is 0 Å². The van der Waals surface area contributed by atoms with Gasteiger partial charge in [-0.2, -0.15) is 4.98 Å². The molecule has 2 rings (SSSR count). The Morgan fingerprint density at radius 1 is 1.50 bits per heavy atom. The van der Waals surface area contributed by atoms with Crippen LogP contribution in [-0.2, 0) is 11.3 Å². The van der Waals surface area contributed by atoms with E-state index < -0.39 is 0 Å². The summed E-state index contributed by atoms with van der Waals surface area (Å²) >= 11 is 0. The molecular weight excluding hydrogens is 206 g/mol. The third-order valence-corrected chi connectivity index (χ3v) is 2.68. The largest absolute Gasteiger partial charge is 0.376 e. The van der Waals surface area contributed by atoms with Crippen molar-refractivity contribution in [1.29, 1.82) is 0 Å². The lowest BCUT2D eigenvalue weighted by Gasteiger charge is -2.29. The molecule has 1 aromatic heterocycles. The first kappa shape index (κ1) is 11.5. The average Bonchev–Trinajstić information content (AvgIpc) is 2.66. The predicted molar refractivity (Wildman–Crippen MR) is 59.1 cm³/mol. The molecule has 0 N–H and O–H groups in total. The smallest absolute Gasteiger partial charge is 0.240 e. The first-order chi connectivity index (χ1) is 7.65. The molecule has 0 amide bonds. The Morgan fingerprint density at radius 2 is 2.31 bits per heavy atom. The molecule has 1 unspecified atom stereocenters. The van der Waals surface area contributed by atoms with Crippen molar-refractivity contribution in [1.82, 2.24) is 15.0 Å². The number of ether oxygens (including phenoxy) is 1. The molecule has 1 aromatic rings. The maximum absolute atomic E-state index is 5.48. The monoisotopic (exact) mass is 225 g/mol. The summed E-state index contributed by atoms with van der Waals surface area (Å²) in [6.07, 6.45) is 0.293. The van der Waals surface area contributed by atoms with Gasteiger partial charge >= 0.3 is 0 Å². The van der Waals surface area contributed by atoms with Crippen molar-refractivity contribution in [2.45, 2.75) is 39.3 Å². The number of rotatable bonds is 3. The number of hydrogen-bond donors (Lipinski definition) is 0. The SMILES string of the molecule is CC1CN(Cc2nc(C(C)C)no2)CCO1. The molecule has 0 saturated carbocycles. The van der Waals surface area contributed by atoms with Crippen molar-refractivity contribution in [3.63, 3.8) is 0 Å². The van der Waals surface area contributed by atoms with Gasteiger partial charge in [0.1, 0.15) is 0 Å². The van der Waals surface area contributed by atoms with Gasteiger partial charge in [0.15, 0.2) is 5.82 Å². The van der Waals surface area contributed by atoms with E-state index in [1.807, 2.05) is 0 Å². The molecule has 5 heteroatoms. The Morgan fingerprint density at radius 3 is 2.94 bits per heavy atom. The van der Waals surface area contributed by atoms with E-state index in [-0.39, 0.29) is 0 Å². The van der Waals surface area contributed by atoms with E-state index in [0.29, 0.717) is 17.9 Å². The van der Waals surface area contributed by atoms with Gasteiger partial charge in [0.25, 0.3) is 0 Å². The summed E-state index contributed by atoms with van der Waals surface area (Å²) in [6, 6.07) is 0. The summed E-state index contributed by atoms with van der Waals surface area (Å²) in [5.74, 6) is 1.82. The molecule has 16 heavy (non-hydrogen) atoms. The second kappa shape index (κ2) is 4.93. The molecule has 5 nitrogen and oxygen atoms in total. The van der Waals surface area contributed by atoms with Crippen LogP contribution in [0.4, 0.5) is 0 Å². The maximum Gasteiger partial charge on any atom is 0.240 e. The molecule has 0 bridgehead atoms. The van der Waals surface area contributed by atoms with Crippen LogP contribution in [0.2, 0.25) is 0 Å². The number of hydrogen-bond acceptors (Lipinski definition) is 5. The highest BCUT2D eigenvalue weighted by Gasteiger charge is 2.19. The van der Waals surface area contributed by atoms with Crippen molar-refractivity contribution < 1.29 is 9.26 Å². The van der Waals surface area contributed by atoms with Gasteiger partial charge in [0.05, 0.1) is 19.3 Å². The highest BCUT2D eigenvalue weighted by atomic mass is 16.5. The zero-order valence-corrected chi connectivity index (χ0v) is 10.1. The molecule has 1 aliphatic heterocycles. The second-order valence-corrected chi connectivity index (χ2v) is 4.62. The molecule has 1 aliphatic rings. The van der Waals surface area contributed by atoms with E-state index >= 15 is 0 Å². The molecule has 1 atom stereocenters. The molecule has 1 fully saturated rings. The minimum absolute atomic E-state index is 0.293. The average molecular weight is 225 g/mol. The van der Waals surface area contributed by atoms with Gasteiger partial charge in [-0.1, -0.05) is 19.0 Å². The van der Waals surface area contributed by atoms with Crippen LogP contribution in [-0.4, -0.2) is 40.8 Å². The maximum atomic E-state index is 5.48. The van der Waals surface area contributed by atoms with E-state index in [1.54, 1.807) is 0 Å². The number of aromatic nitrogens is 2. The summed E-state index contributed by atoms with van der Waals surface area (Å²) in [7, 11) is 0. The zero-order chi connectivity index (χ0) is 11.5. The van der Waals surface area contributed by atoms with E-state index in [0.717, 1.165) is 32.1 Å². The highest BCUT2D eigenvalue weighted by Crippen LogP contribution is 2.12. The minimum atomic E-state index is 0.293. The number of morpholine rings is 1. The molecule has 0 aliphatic carbocycles. The zero-order valence-electron chi connectivity index (χ0n) is 10.1. The van der Waals surface area contributed by atoms with Gasteiger partial charge in [-0.25, -0.2) is 0 Å². The summed E-state index contributed by atoms with van der Waals surface area (Å²) in [5.41, 5.74) is 0. The molecule has 90 valence electrons. The van der Waals surface area contributed by atoms with Crippen LogP contribution in [0.3, 0.4) is 0 Å². The van der Waals surface area contributed by atoms with Crippen molar-refractivity contribution in [3.8, 4) is 0 Å². The lowest BCUT2D eigenvalue weighted by atomic mass is 10.2. The van der Waals surface area contributed by atoms with E-state index in [1.165, 1.54) is 0 Å². The Kier molecular flexibility index (Phi) is 3.56. The van der Waals surface area contributed by atoms with E-state index in [9.17, 15) is 0 Å². The summed E-state index contributed by atoms with van der Waals surface area (Å²) in [5, 5.41) is 3.96. The fourth-order valence-electron chi connectivity index (χ4n) is 1.79. The van der Waals surface area contributed by atoms with E-state index in [4.69, 9.17) is 9.26 Å². The van der Waals surface area contributed by atoms with Gasteiger partial charge in [-0.15, -0.1) is 0 Å². The van der Waals surface area contributed by atoms with Gasteiger partial charge in [0.2, 0.25) is 5.89 Å². The van der Waals surface area contributed by atoms with Gasteiger partial charge in [-0.3, -0.25) is 4.90 Å². The standard InChI is InChI=1S/C11H19N3O2/c1-8(2)11-12-10(16-13-11)7-14-4-5-15-9(3)6-14/h8-9H,4-7H2,1-3H3. The van der Waals surface area contributed by atoms with Crippen LogP contribution in [0.25, 0.3) is 0 Å². The fourth-order valence-corrected chi connectivity index (χ4v) is 1.79. The van der Waals surface area contributed by atoms with Crippen LogP contribution in [0.1, 0.15) is 38.4 Å². The quantitative estimate of drug-likeness (QED) is 0.778. The summed E-state index contributed by atoms with van der Waals surface area (Å²) in [6.45, 7) is 9.58. The number of nitrogens with zero attached hydrogens (tertiary/aromatic N) is 3. The highest BCUT2D eigenvalue weighted by molar-refractivity contribution is 4.91. The molecule has 0 aromatic carbocycles. The minimum Gasteiger partial charge on any atom is -0.376 e. The van der Waals surface area contributed by atoms with Crippen LogP contribution >= 0.6 is 0 Å². The molecule has 0 spiro atoms. The van der Waals surface area contributed by atoms with Crippen molar-refractivity contribution >= 4 is 0 Å². The summed E-state index contributed by atoms with van der Waals surface area (Å²) < 4.78 is 10.7. The Labute approximate surface area is 95.8 Å². The van der Waals surface area contributed by atoms with Gasteiger partial charge < -0.3 is 9.26 Å². The van der Waals surface area contributed by atoms with Crippen molar-refractivity contribution in [2.75, 3.05) is 19.7 Å². The summed E-state index contributed by atoms with van der Waals surface area (Å²) in [4.78, 5) is 6.65. The molecule has 0 radical (unpaired) electrons. The fraction of sp³-hybridized carbons (Fsp3) is 0.818. The Balaban J connectivity index is 1.92. The topological polar surface area (TPSA) is 51.4 Å². The van der Waals surface area contributed by atoms with Crippen LogP contribution in [0, 0.1) is 0 Å². The lowest BCUT2D eigenvalue weighted by molar-refractivity contribution is -0.0240. The normalized spacial score (nSPS) is 22.9.